The van der Waals surface area contributed by atoms with Crippen LogP contribution in [0, 0.1) is 18.6 Å². The summed E-state index contributed by atoms with van der Waals surface area (Å²) < 4.78 is 27.1. The van der Waals surface area contributed by atoms with E-state index in [1.807, 2.05) is 18.4 Å². The fraction of sp³-hybridized carbons (Fsp3) is 0.278. The van der Waals surface area contributed by atoms with Crippen molar-refractivity contribution in [2.45, 2.75) is 25.1 Å². The summed E-state index contributed by atoms with van der Waals surface area (Å²) >= 11 is 2.63. The minimum atomic E-state index is -0.808. The predicted octanol–water partition coefficient (Wildman–Crippen LogP) is 3.60. The van der Waals surface area contributed by atoms with Gasteiger partial charge in [-0.05, 0) is 36.1 Å². The maximum Gasteiger partial charge on any atom is 0.243 e. The van der Waals surface area contributed by atoms with E-state index in [1.54, 1.807) is 0 Å². The number of amides is 2. The van der Waals surface area contributed by atoms with Crippen LogP contribution in [0.3, 0.4) is 0 Å². The second kappa shape index (κ2) is 8.18. The van der Waals surface area contributed by atoms with E-state index < -0.39 is 16.9 Å². The van der Waals surface area contributed by atoms with Crippen LogP contribution in [0.4, 0.5) is 14.5 Å². The molecular weight excluding hydrogens is 392 g/mol. The van der Waals surface area contributed by atoms with Gasteiger partial charge in [-0.2, -0.15) is 0 Å². The summed E-state index contributed by atoms with van der Waals surface area (Å²) in [5.74, 6) is -2.02. The summed E-state index contributed by atoms with van der Waals surface area (Å²) in [5, 5.41) is 4.09. The fourth-order valence-corrected chi connectivity index (χ4v) is 4.57. The average Bonchev–Trinajstić information content (AvgIpc) is 3.16. The van der Waals surface area contributed by atoms with Gasteiger partial charge in [0.05, 0.1) is 6.54 Å². The number of carbonyl (C=O) groups is 2. The molecule has 1 unspecified atom stereocenters. The summed E-state index contributed by atoms with van der Waals surface area (Å²) in [6.45, 7) is 2.24. The Morgan fingerprint density at radius 1 is 1.33 bits per heavy atom. The lowest BCUT2D eigenvalue weighted by atomic mass is 10.2. The molecule has 0 aliphatic carbocycles. The molecule has 2 heterocycles. The first-order chi connectivity index (χ1) is 12.9. The van der Waals surface area contributed by atoms with E-state index in [4.69, 9.17) is 0 Å². The third-order valence-corrected chi connectivity index (χ3v) is 6.25. The second-order valence-electron chi connectivity index (χ2n) is 5.93. The first-order valence-electron chi connectivity index (χ1n) is 8.14. The van der Waals surface area contributed by atoms with E-state index in [1.165, 1.54) is 29.4 Å². The number of hydrogen-bond acceptors (Lipinski definition) is 5. The smallest absolute Gasteiger partial charge is 0.243 e. The van der Waals surface area contributed by atoms with Crippen molar-refractivity contribution in [3.05, 3.63) is 51.7 Å². The van der Waals surface area contributed by atoms with Crippen LogP contribution in [0.2, 0.25) is 0 Å². The Morgan fingerprint density at radius 3 is 2.74 bits per heavy atom. The van der Waals surface area contributed by atoms with E-state index in [2.05, 4.69) is 10.3 Å². The van der Waals surface area contributed by atoms with Crippen LogP contribution in [0.1, 0.15) is 16.9 Å². The highest BCUT2D eigenvalue weighted by Crippen LogP contribution is 2.34. The number of amidine groups is 1. The highest BCUT2D eigenvalue weighted by atomic mass is 32.2. The summed E-state index contributed by atoms with van der Waals surface area (Å²) in [6.07, 6.45) is 0.00480. The fourth-order valence-electron chi connectivity index (χ4n) is 2.53. The molecule has 1 aliphatic rings. The van der Waals surface area contributed by atoms with E-state index >= 15 is 0 Å². The minimum Gasteiger partial charge on any atom is -0.359 e. The topological polar surface area (TPSA) is 61.8 Å². The Bertz CT molecular complexity index is 914. The van der Waals surface area contributed by atoms with Gasteiger partial charge >= 0.3 is 0 Å². The van der Waals surface area contributed by atoms with Gasteiger partial charge in [0.15, 0.2) is 11.0 Å². The molecule has 1 aliphatic heterocycles. The summed E-state index contributed by atoms with van der Waals surface area (Å²) in [7, 11) is 1.50. The number of nitrogens with zero attached hydrogens (tertiary/aromatic N) is 2. The van der Waals surface area contributed by atoms with Gasteiger partial charge in [0, 0.05) is 24.4 Å². The minimum absolute atomic E-state index is 0.00480. The number of carbonyl (C=O) groups excluding carboxylic acids is 2. The molecule has 1 saturated heterocycles. The lowest BCUT2D eigenvalue weighted by Gasteiger charge is -2.16. The molecule has 3 rings (SSSR count). The van der Waals surface area contributed by atoms with Crippen molar-refractivity contribution in [3.63, 3.8) is 0 Å². The number of aliphatic imine (C=N–C) groups is 1. The van der Waals surface area contributed by atoms with E-state index in [0.29, 0.717) is 11.7 Å². The monoisotopic (exact) mass is 409 g/mol. The molecule has 1 atom stereocenters. The zero-order chi connectivity index (χ0) is 19.6. The molecule has 5 nitrogen and oxygen atoms in total. The Morgan fingerprint density at radius 2 is 2.11 bits per heavy atom. The Labute approximate surface area is 163 Å². The maximum atomic E-state index is 14.0. The van der Waals surface area contributed by atoms with Gasteiger partial charge in [0.1, 0.15) is 16.8 Å². The molecule has 27 heavy (non-hydrogen) atoms. The molecule has 1 N–H and O–H groups in total. The Hall–Kier alpha value is -2.26. The quantitative estimate of drug-likeness (QED) is 0.821. The maximum absolute atomic E-state index is 14.0. The number of halogens is 2. The van der Waals surface area contributed by atoms with Crippen molar-refractivity contribution in [3.8, 4) is 0 Å². The zero-order valence-corrected chi connectivity index (χ0v) is 16.3. The summed E-state index contributed by atoms with van der Waals surface area (Å²) in [5.41, 5.74) is 0.986. The Balaban J connectivity index is 1.94. The molecule has 142 valence electrons. The largest absolute Gasteiger partial charge is 0.359 e. The first-order valence-corrected chi connectivity index (χ1v) is 9.90. The molecule has 0 bridgehead atoms. The normalized spacial score (nSPS) is 18.4. The van der Waals surface area contributed by atoms with Crippen molar-refractivity contribution in [2.24, 2.45) is 4.99 Å². The van der Waals surface area contributed by atoms with Crippen molar-refractivity contribution >= 4 is 45.8 Å². The molecule has 1 aromatic carbocycles. The summed E-state index contributed by atoms with van der Waals surface area (Å²) in [4.78, 5) is 31.2. The van der Waals surface area contributed by atoms with E-state index in [9.17, 15) is 18.4 Å². The van der Waals surface area contributed by atoms with Gasteiger partial charge in [-0.1, -0.05) is 11.8 Å². The number of nitrogens with one attached hydrogen (secondary N) is 1. The van der Waals surface area contributed by atoms with Crippen LogP contribution in [0.15, 0.2) is 34.6 Å². The number of thiophene rings is 1. The van der Waals surface area contributed by atoms with Crippen LogP contribution < -0.4 is 5.32 Å². The van der Waals surface area contributed by atoms with Crippen LogP contribution in [-0.4, -0.2) is 34.2 Å². The SMILES string of the molecule is CNC(=O)CC1SC(=Nc2ccc(F)cc2F)N(Cc2sccc2C)C1=O. The van der Waals surface area contributed by atoms with E-state index in [0.717, 1.165) is 34.3 Å². The van der Waals surface area contributed by atoms with Gasteiger partial charge in [0.25, 0.3) is 0 Å². The molecule has 0 spiro atoms. The highest BCUT2D eigenvalue weighted by Gasteiger charge is 2.39. The lowest BCUT2D eigenvalue weighted by molar-refractivity contribution is -0.129. The number of thioether (sulfide) groups is 1. The molecule has 0 radical (unpaired) electrons. The second-order valence-corrected chi connectivity index (χ2v) is 8.10. The molecule has 1 fully saturated rings. The van der Waals surface area contributed by atoms with Crippen LogP contribution in [-0.2, 0) is 16.1 Å². The first kappa shape index (κ1) is 19.5. The van der Waals surface area contributed by atoms with Gasteiger partial charge in [0.2, 0.25) is 11.8 Å². The number of rotatable bonds is 5. The van der Waals surface area contributed by atoms with Crippen molar-refractivity contribution < 1.29 is 18.4 Å². The van der Waals surface area contributed by atoms with Gasteiger partial charge in [-0.3, -0.25) is 14.5 Å². The third-order valence-electron chi connectivity index (χ3n) is 4.07. The highest BCUT2D eigenvalue weighted by molar-refractivity contribution is 8.15. The number of hydrogen-bond donors (Lipinski definition) is 1. The predicted molar refractivity (Wildman–Crippen MR) is 103 cm³/mol. The molecule has 2 aromatic rings. The van der Waals surface area contributed by atoms with Gasteiger partial charge < -0.3 is 5.32 Å². The zero-order valence-electron chi connectivity index (χ0n) is 14.7. The van der Waals surface area contributed by atoms with Crippen molar-refractivity contribution in [1.82, 2.24) is 10.2 Å². The number of benzene rings is 1. The molecule has 2 amide bonds. The van der Waals surface area contributed by atoms with Crippen LogP contribution in [0.25, 0.3) is 0 Å². The number of aryl methyl sites for hydroxylation is 1. The van der Waals surface area contributed by atoms with Crippen LogP contribution >= 0.6 is 23.1 Å². The standard InChI is InChI=1S/C18H17F2N3O2S2/c1-10-5-6-26-15(10)9-23-17(25)14(8-16(24)21-2)27-18(23)22-13-4-3-11(19)7-12(13)20/h3-7,14H,8-9H2,1-2H3,(H,21,24). The molecular formula is C18H17F2N3O2S2. The average molecular weight is 409 g/mol. The molecule has 9 heteroatoms. The van der Waals surface area contributed by atoms with Gasteiger partial charge in [-0.25, -0.2) is 13.8 Å². The lowest BCUT2D eigenvalue weighted by Crippen LogP contribution is -2.33. The molecule has 0 saturated carbocycles. The van der Waals surface area contributed by atoms with Crippen LogP contribution in [0.5, 0.6) is 0 Å². The molecule has 1 aromatic heterocycles. The summed E-state index contributed by atoms with van der Waals surface area (Å²) in [6, 6.07) is 5.03. The van der Waals surface area contributed by atoms with Crippen molar-refractivity contribution in [2.75, 3.05) is 7.05 Å². The third kappa shape index (κ3) is 4.36. The van der Waals surface area contributed by atoms with E-state index in [-0.39, 0.29) is 23.9 Å². The van der Waals surface area contributed by atoms with Crippen molar-refractivity contribution in [1.29, 1.82) is 0 Å². The Kier molecular flexibility index (Phi) is 5.91. The van der Waals surface area contributed by atoms with Gasteiger partial charge in [-0.15, -0.1) is 11.3 Å².